The number of hydrogen-bond donors (Lipinski definition) is 2. The van der Waals surface area contributed by atoms with Gasteiger partial charge in [-0.05, 0) is 18.6 Å². The maximum absolute atomic E-state index is 10.6. The average molecular weight is 193 g/mol. The van der Waals surface area contributed by atoms with Gasteiger partial charge in [0.25, 0.3) is 0 Å². The molecule has 1 aromatic rings. The summed E-state index contributed by atoms with van der Waals surface area (Å²) in [6, 6.07) is 3.50. The molecule has 0 radical (unpaired) electrons. The van der Waals surface area contributed by atoms with Crippen LogP contribution in [0.4, 0.5) is 5.69 Å². The maximum Gasteiger partial charge on any atom is 0.352 e. The van der Waals surface area contributed by atoms with Crippen molar-refractivity contribution < 1.29 is 9.90 Å². The number of aliphatic carboxylic acids is 1. The molecule has 5 nitrogen and oxygen atoms in total. The molecule has 0 fully saturated rings. The fraction of sp³-hybridized carbons (Fsp3) is 0.222. The molecular weight excluding hydrogens is 182 g/mol. The van der Waals surface area contributed by atoms with Crippen molar-refractivity contribution in [1.82, 2.24) is 4.98 Å². The minimum Gasteiger partial charge on any atom is -0.477 e. The molecule has 0 amide bonds. The van der Waals surface area contributed by atoms with Crippen LogP contribution in [0.3, 0.4) is 0 Å². The number of hydrazone groups is 1. The number of nitrogens with zero attached hydrogens (tertiary/aromatic N) is 2. The van der Waals surface area contributed by atoms with E-state index in [9.17, 15) is 4.79 Å². The molecule has 0 aliphatic carbocycles. The summed E-state index contributed by atoms with van der Waals surface area (Å²) in [7, 11) is 0. The van der Waals surface area contributed by atoms with Gasteiger partial charge >= 0.3 is 5.97 Å². The van der Waals surface area contributed by atoms with Gasteiger partial charge < -0.3 is 5.11 Å². The van der Waals surface area contributed by atoms with Crippen LogP contribution in [0.1, 0.15) is 13.3 Å². The van der Waals surface area contributed by atoms with Crippen LogP contribution in [0.5, 0.6) is 0 Å². The number of aromatic nitrogens is 1. The van der Waals surface area contributed by atoms with Crippen molar-refractivity contribution in [2.75, 3.05) is 5.43 Å². The van der Waals surface area contributed by atoms with Gasteiger partial charge in [0.15, 0.2) is 0 Å². The van der Waals surface area contributed by atoms with Gasteiger partial charge in [0, 0.05) is 6.20 Å². The quantitative estimate of drug-likeness (QED) is 0.559. The van der Waals surface area contributed by atoms with E-state index in [1.165, 1.54) is 0 Å². The van der Waals surface area contributed by atoms with E-state index in [-0.39, 0.29) is 5.71 Å². The highest BCUT2D eigenvalue weighted by Crippen LogP contribution is 2.02. The molecule has 0 aliphatic heterocycles. The number of hydrogen-bond acceptors (Lipinski definition) is 4. The van der Waals surface area contributed by atoms with Gasteiger partial charge in [0.2, 0.25) is 0 Å². The summed E-state index contributed by atoms with van der Waals surface area (Å²) in [6.45, 7) is 1.73. The third-order valence-electron chi connectivity index (χ3n) is 1.56. The van der Waals surface area contributed by atoms with Gasteiger partial charge in [-0.3, -0.25) is 10.4 Å². The average Bonchev–Trinajstić information content (AvgIpc) is 2.20. The van der Waals surface area contributed by atoms with Crippen molar-refractivity contribution in [1.29, 1.82) is 0 Å². The topological polar surface area (TPSA) is 74.6 Å². The summed E-state index contributed by atoms with van der Waals surface area (Å²) in [5.41, 5.74) is 3.38. The Morgan fingerprint density at radius 3 is 3.00 bits per heavy atom. The highest BCUT2D eigenvalue weighted by Gasteiger charge is 2.05. The molecule has 0 unspecified atom stereocenters. The number of carbonyl (C=O) groups is 1. The summed E-state index contributed by atoms with van der Waals surface area (Å²) in [5, 5.41) is 12.4. The Hall–Kier alpha value is -1.91. The lowest BCUT2D eigenvalue weighted by atomic mass is 10.3. The van der Waals surface area contributed by atoms with Crippen molar-refractivity contribution >= 4 is 17.4 Å². The smallest absolute Gasteiger partial charge is 0.352 e. The molecule has 1 heterocycles. The Kier molecular flexibility index (Phi) is 3.60. The van der Waals surface area contributed by atoms with Crippen molar-refractivity contribution in [2.45, 2.75) is 13.3 Å². The molecule has 0 aliphatic rings. The monoisotopic (exact) mass is 193 g/mol. The molecule has 0 saturated carbocycles. The fourth-order valence-electron chi connectivity index (χ4n) is 0.839. The molecule has 0 aromatic carbocycles. The van der Waals surface area contributed by atoms with Crippen molar-refractivity contribution in [3.05, 3.63) is 24.5 Å². The standard InChI is InChI=1S/C9H11N3O2/c1-2-8(9(13)14)12-11-7-4-3-5-10-6-7/h3-6,11H,2H2,1H3,(H,13,14)/b12-8+. The van der Waals surface area contributed by atoms with Crippen LogP contribution >= 0.6 is 0 Å². The molecule has 1 aromatic heterocycles. The van der Waals surface area contributed by atoms with Crippen molar-refractivity contribution in [3.8, 4) is 0 Å². The van der Waals surface area contributed by atoms with Gasteiger partial charge in [0.1, 0.15) is 5.71 Å². The van der Waals surface area contributed by atoms with E-state index >= 15 is 0 Å². The summed E-state index contributed by atoms with van der Waals surface area (Å²) in [4.78, 5) is 14.4. The zero-order valence-electron chi connectivity index (χ0n) is 7.77. The lowest BCUT2D eigenvalue weighted by Gasteiger charge is -2.00. The van der Waals surface area contributed by atoms with E-state index in [0.717, 1.165) is 0 Å². The Morgan fingerprint density at radius 1 is 1.71 bits per heavy atom. The number of rotatable bonds is 4. The van der Waals surface area contributed by atoms with Gasteiger partial charge in [-0.2, -0.15) is 5.10 Å². The van der Waals surface area contributed by atoms with E-state index in [4.69, 9.17) is 5.11 Å². The molecule has 0 spiro atoms. The number of anilines is 1. The first kappa shape index (κ1) is 10.2. The normalized spacial score (nSPS) is 11.1. The predicted octanol–water partition coefficient (Wildman–Crippen LogP) is 1.34. The Balaban J connectivity index is 2.66. The second kappa shape index (κ2) is 4.96. The van der Waals surface area contributed by atoms with Crippen molar-refractivity contribution in [3.63, 3.8) is 0 Å². The highest BCUT2D eigenvalue weighted by molar-refractivity contribution is 6.35. The van der Waals surface area contributed by atoms with E-state index in [0.29, 0.717) is 12.1 Å². The van der Waals surface area contributed by atoms with E-state index in [1.807, 2.05) is 0 Å². The molecule has 14 heavy (non-hydrogen) atoms. The first-order valence-corrected chi connectivity index (χ1v) is 4.20. The number of pyridine rings is 1. The number of nitrogens with one attached hydrogen (secondary N) is 1. The molecular formula is C9H11N3O2. The largest absolute Gasteiger partial charge is 0.477 e. The second-order valence-corrected chi connectivity index (χ2v) is 2.57. The van der Waals surface area contributed by atoms with Crippen LogP contribution in [0.25, 0.3) is 0 Å². The summed E-state index contributed by atoms with van der Waals surface area (Å²) < 4.78 is 0. The van der Waals surface area contributed by atoms with E-state index in [1.54, 1.807) is 31.5 Å². The minimum absolute atomic E-state index is 0.0915. The zero-order chi connectivity index (χ0) is 10.4. The maximum atomic E-state index is 10.6. The lowest BCUT2D eigenvalue weighted by Crippen LogP contribution is -2.13. The summed E-state index contributed by atoms with van der Waals surface area (Å²) in [6.07, 6.45) is 3.58. The lowest BCUT2D eigenvalue weighted by molar-refractivity contribution is -0.129. The molecule has 0 saturated heterocycles. The third-order valence-corrected chi connectivity index (χ3v) is 1.56. The van der Waals surface area contributed by atoms with Crippen LogP contribution in [-0.2, 0) is 4.79 Å². The first-order valence-electron chi connectivity index (χ1n) is 4.20. The first-order chi connectivity index (χ1) is 6.74. The summed E-state index contributed by atoms with van der Waals surface area (Å²) in [5.74, 6) is -1.01. The van der Waals surface area contributed by atoms with E-state index < -0.39 is 5.97 Å². The van der Waals surface area contributed by atoms with E-state index in [2.05, 4.69) is 15.5 Å². The highest BCUT2D eigenvalue weighted by atomic mass is 16.4. The molecule has 0 atom stereocenters. The molecule has 2 N–H and O–H groups in total. The van der Waals surface area contributed by atoms with Gasteiger partial charge in [0.05, 0.1) is 11.9 Å². The van der Waals surface area contributed by atoms with Crippen LogP contribution in [0, 0.1) is 0 Å². The fourth-order valence-corrected chi connectivity index (χ4v) is 0.839. The summed E-state index contributed by atoms with van der Waals surface area (Å²) >= 11 is 0. The molecule has 0 bridgehead atoms. The SMILES string of the molecule is CC/C(=N\Nc1cccnc1)C(=O)O. The molecule has 5 heteroatoms. The van der Waals surface area contributed by atoms with Gasteiger partial charge in [-0.15, -0.1) is 0 Å². The Bertz CT molecular complexity index is 335. The third kappa shape index (κ3) is 2.85. The Labute approximate surface area is 81.5 Å². The van der Waals surface area contributed by atoms with Crippen LogP contribution in [0.2, 0.25) is 0 Å². The number of carboxylic acid groups (broad SMARTS) is 1. The van der Waals surface area contributed by atoms with Gasteiger partial charge in [-0.1, -0.05) is 6.92 Å². The van der Waals surface area contributed by atoms with Crippen molar-refractivity contribution in [2.24, 2.45) is 5.10 Å². The van der Waals surface area contributed by atoms with Crippen LogP contribution < -0.4 is 5.43 Å². The molecule has 1 rings (SSSR count). The van der Waals surface area contributed by atoms with Crippen LogP contribution in [-0.4, -0.2) is 21.8 Å². The second-order valence-electron chi connectivity index (χ2n) is 2.57. The van der Waals surface area contributed by atoms with Crippen LogP contribution in [0.15, 0.2) is 29.6 Å². The number of carboxylic acids is 1. The Morgan fingerprint density at radius 2 is 2.50 bits per heavy atom. The minimum atomic E-state index is -1.01. The zero-order valence-corrected chi connectivity index (χ0v) is 7.77. The van der Waals surface area contributed by atoms with Gasteiger partial charge in [-0.25, -0.2) is 4.79 Å². The predicted molar refractivity (Wildman–Crippen MR) is 53.2 cm³/mol. The molecule has 74 valence electrons.